The molecule has 5 nitrogen and oxygen atoms in total. The molecule has 4 saturated carbocycles. The van der Waals surface area contributed by atoms with Crippen molar-refractivity contribution in [2.24, 2.45) is 75.4 Å². The second-order valence-corrected chi connectivity index (χ2v) is 17.8. The van der Waals surface area contributed by atoms with Crippen LogP contribution in [0.4, 0.5) is 0 Å². The van der Waals surface area contributed by atoms with Gasteiger partial charge in [-0.1, -0.05) is 66.5 Å². The smallest absolute Gasteiger partial charge is 0.146 e. The number of fused-ring (bicyclic) bond motifs is 3. The molecule has 0 amide bonds. The second kappa shape index (κ2) is 12.1. The molecule has 0 saturated heterocycles. The van der Waals surface area contributed by atoms with E-state index < -0.39 is 12.2 Å². The molecule has 0 heterocycles. The summed E-state index contributed by atoms with van der Waals surface area (Å²) in [5.74, 6) is 3.80. The summed E-state index contributed by atoms with van der Waals surface area (Å²) in [6, 6.07) is 0. The van der Waals surface area contributed by atoms with Crippen LogP contribution < -0.4 is 0 Å². The molecule has 0 spiro atoms. The van der Waals surface area contributed by atoms with Crippen LogP contribution in [0.25, 0.3) is 0 Å². The van der Waals surface area contributed by atoms with E-state index in [1.165, 1.54) is 25.7 Å². The van der Waals surface area contributed by atoms with E-state index in [9.17, 15) is 20.1 Å². The number of hydrogen-bond acceptors (Lipinski definition) is 5. The number of ketones is 1. The number of allylic oxidation sites excluding steroid dienone is 2. The third-order valence-corrected chi connectivity index (χ3v) is 14.8. The third kappa shape index (κ3) is 5.63. The molecule has 0 aromatic carbocycles. The Balaban J connectivity index is 1.35. The number of aliphatic hydroxyl groups excluding tert-OH is 3. The van der Waals surface area contributed by atoms with Gasteiger partial charge in [0, 0.05) is 17.8 Å². The molecule has 14 atom stereocenters. The average molecular weight is 600 g/mol. The Kier molecular flexibility index (Phi) is 9.47. The first-order valence-corrected chi connectivity index (χ1v) is 17.9. The van der Waals surface area contributed by atoms with Gasteiger partial charge in [0.15, 0.2) is 0 Å². The summed E-state index contributed by atoms with van der Waals surface area (Å²) in [4.78, 5) is 14.3. The van der Waals surface area contributed by atoms with Gasteiger partial charge < -0.3 is 20.2 Å². The van der Waals surface area contributed by atoms with Crippen molar-refractivity contribution in [3.8, 4) is 0 Å². The van der Waals surface area contributed by atoms with Crippen LogP contribution in [0.2, 0.25) is 0 Å². The van der Waals surface area contributed by atoms with Gasteiger partial charge in [-0.05, 0) is 124 Å². The summed E-state index contributed by atoms with van der Waals surface area (Å²) in [7, 11) is 3.94. The number of nitrogens with zero attached hydrogens (tertiary/aromatic N) is 1. The Hall–Kier alpha value is -0.750. The van der Waals surface area contributed by atoms with E-state index >= 15 is 0 Å². The van der Waals surface area contributed by atoms with Crippen LogP contribution in [0.5, 0.6) is 0 Å². The quantitative estimate of drug-likeness (QED) is 0.288. The van der Waals surface area contributed by atoms with Crippen LogP contribution >= 0.6 is 0 Å². The van der Waals surface area contributed by atoms with Gasteiger partial charge in [-0.15, -0.1) is 0 Å². The van der Waals surface area contributed by atoms with E-state index in [1.807, 2.05) is 25.9 Å². The van der Waals surface area contributed by atoms with Crippen molar-refractivity contribution in [3.05, 3.63) is 12.2 Å². The molecule has 4 fully saturated rings. The molecule has 5 aliphatic carbocycles. The molecule has 5 rings (SSSR count). The second-order valence-electron chi connectivity index (χ2n) is 17.8. The molecule has 5 aliphatic rings. The van der Waals surface area contributed by atoms with Gasteiger partial charge in [-0.3, -0.25) is 4.79 Å². The van der Waals surface area contributed by atoms with Crippen LogP contribution in [0.1, 0.15) is 106 Å². The number of carbonyl (C=O) groups excluding carboxylic acids is 1. The van der Waals surface area contributed by atoms with Gasteiger partial charge in [0.25, 0.3) is 0 Å². The molecule has 0 aromatic heterocycles. The van der Waals surface area contributed by atoms with Crippen molar-refractivity contribution in [3.63, 3.8) is 0 Å². The molecule has 0 aromatic rings. The van der Waals surface area contributed by atoms with E-state index in [-0.39, 0.29) is 51.9 Å². The zero-order valence-corrected chi connectivity index (χ0v) is 28.9. The summed E-state index contributed by atoms with van der Waals surface area (Å²) in [5, 5.41) is 35.2. The highest BCUT2D eigenvalue weighted by molar-refractivity contribution is 5.80. The Bertz CT molecular complexity index is 1030. The summed E-state index contributed by atoms with van der Waals surface area (Å²) < 4.78 is 0. The first-order valence-electron chi connectivity index (χ1n) is 17.9. The van der Waals surface area contributed by atoms with Crippen molar-refractivity contribution in [2.75, 3.05) is 20.6 Å². The zero-order valence-electron chi connectivity index (χ0n) is 28.9. The van der Waals surface area contributed by atoms with E-state index in [2.05, 4.69) is 53.7 Å². The van der Waals surface area contributed by atoms with Crippen molar-refractivity contribution in [1.82, 2.24) is 4.90 Å². The van der Waals surface area contributed by atoms with Crippen LogP contribution in [0.3, 0.4) is 0 Å². The Morgan fingerprint density at radius 2 is 1.65 bits per heavy atom. The molecule has 5 heteroatoms. The molecule has 0 radical (unpaired) electrons. The standard InChI is InChI=1S/C38H65NO4/c1-22-10-17-29(27-14-11-26(12-15-27)13-16-28(41)20-39(8)9)30-19-36(5)21-37(6)18-23(2)31(25(4)40)35(43)38(37,7)24(3)33(36)34(42)32(22)30/h10,17,22-27,29-35,40,42-43H,11-16,18-21H2,1-9H3/t22?,23?,24?,25?,26?,27?,29?,30?,31?,32?,33?,34?,35?,36-,37+,38+/m0/s1. The maximum absolute atomic E-state index is 12.4. The predicted molar refractivity (Wildman–Crippen MR) is 174 cm³/mol. The molecule has 11 unspecified atom stereocenters. The minimum atomic E-state index is -0.574. The molecule has 43 heavy (non-hydrogen) atoms. The SMILES string of the molecule is CC(O)C1C(C)C[C@]2(C)C[C@]3(C)CC4C(C5CCC(CCC(=O)CN(C)C)CC5)C=CC(C)C4C(O)C3C(C)[C@]2(C)C1O. The number of carbonyl (C=O) groups is 1. The Morgan fingerprint density at radius 1 is 1.00 bits per heavy atom. The monoisotopic (exact) mass is 599 g/mol. The Labute approximate surface area is 263 Å². The molecular weight excluding hydrogens is 534 g/mol. The summed E-state index contributed by atoms with van der Waals surface area (Å²) in [6.07, 6.45) is 13.4. The zero-order chi connectivity index (χ0) is 31.6. The normalized spacial score (nSPS) is 52.2. The fraction of sp³-hybridized carbons (Fsp3) is 0.921. The first kappa shape index (κ1) is 33.6. The topological polar surface area (TPSA) is 81.0 Å². The Morgan fingerprint density at radius 3 is 2.26 bits per heavy atom. The molecule has 3 N–H and O–H groups in total. The van der Waals surface area contributed by atoms with Crippen molar-refractivity contribution < 1.29 is 20.1 Å². The van der Waals surface area contributed by atoms with E-state index in [0.717, 1.165) is 25.7 Å². The van der Waals surface area contributed by atoms with Gasteiger partial charge >= 0.3 is 0 Å². The molecule has 0 bridgehead atoms. The molecular formula is C38H65NO4. The van der Waals surface area contributed by atoms with Gasteiger partial charge in [-0.2, -0.15) is 0 Å². The van der Waals surface area contributed by atoms with Gasteiger partial charge in [0.05, 0.1) is 24.9 Å². The van der Waals surface area contributed by atoms with Crippen LogP contribution in [0, 0.1) is 75.4 Å². The van der Waals surface area contributed by atoms with E-state index in [4.69, 9.17) is 0 Å². The third-order valence-electron chi connectivity index (χ3n) is 14.8. The minimum absolute atomic E-state index is 0.0263. The van der Waals surface area contributed by atoms with Crippen LogP contribution in [-0.4, -0.2) is 65.0 Å². The van der Waals surface area contributed by atoms with E-state index in [1.54, 1.807) is 0 Å². The number of Topliss-reactive ketones (excluding diaryl/α,β-unsaturated/α-hetero) is 1. The van der Waals surface area contributed by atoms with Crippen molar-refractivity contribution in [2.45, 2.75) is 125 Å². The summed E-state index contributed by atoms with van der Waals surface area (Å²) >= 11 is 0. The highest BCUT2D eigenvalue weighted by atomic mass is 16.3. The van der Waals surface area contributed by atoms with Crippen LogP contribution in [-0.2, 0) is 4.79 Å². The lowest BCUT2D eigenvalue weighted by Crippen LogP contribution is -2.70. The fourth-order valence-corrected chi connectivity index (χ4v) is 12.9. The maximum atomic E-state index is 12.4. The number of hydrogen-bond donors (Lipinski definition) is 3. The fourth-order valence-electron chi connectivity index (χ4n) is 12.9. The summed E-state index contributed by atoms with van der Waals surface area (Å²) in [6.45, 7) is 16.5. The van der Waals surface area contributed by atoms with Gasteiger partial charge in [-0.25, -0.2) is 0 Å². The lowest BCUT2D eigenvalue weighted by Gasteiger charge is -2.71. The highest BCUT2D eigenvalue weighted by Crippen LogP contribution is 2.73. The first-order chi connectivity index (χ1) is 20.0. The van der Waals surface area contributed by atoms with Crippen LogP contribution in [0.15, 0.2) is 12.2 Å². The van der Waals surface area contributed by atoms with E-state index in [0.29, 0.717) is 48.3 Å². The molecule has 246 valence electrons. The lowest BCUT2D eigenvalue weighted by atomic mass is 9.34. The highest BCUT2D eigenvalue weighted by Gasteiger charge is 2.70. The number of aliphatic hydroxyl groups is 3. The average Bonchev–Trinajstić information content (AvgIpc) is 2.89. The lowest BCUT2D eigenvalue weighted by molar-refractivity contribution is -0.276. The minimum Gasteiger partial charge on any atom is -0.393 e. The number of likely N-dealkylation sites (N-methyl/N-ethyl adjacent to an activating group) is 1. The predicted octanol–water partition coefficient (Wildman–Crippen LogP) is 6.60. The largest absolute Gasteiger partial charge is 0.393 e. The maximum Gasteiger partial charge on any atom is 0.146 e. The number of rotatable bonds is 7. The summed E-state index contributed by atoms with van der Waals surface area (Å²) in [5.41, 5.74) is -0.362. The van der Waals surface area contributed by atoms with Gasteiger partial charge in [0.1, 0.15) is 5.78 Å². The van der Waals surface area contributed by atoms with Gasteiger partial charge in [0.2, 0.25) is 0 Å². The molecule has 0 aliphatic heterocycles. The van der Waals surface area contributed by atoms with Crippen molar-refractivity contribution >= 4 is 5.78 Å². The van der Waals surface area contributed by atoms with Crippen molar-refractivity contribution in [1.29, 1.82) is 0 Å².